The van der Waals surface area contributed by atoms with Crippen LogP contribution in [0.25, 0.3) is 0 Å². The molecule has 0 aliphatic carbocycles. The Morgan fingerprint density at radius 3 is 1.94 bits per heavy atom. The largest absolute Gasteiger partial charge is 0.426 e. The lowest BCUT2D eigenvalue weighted by atomic mass is 9.92. The highest BCUT2D eigenvalue weighted by Gasteiger charge is 2.61. The summed E-state index contributed by atoms with van der Waals surface area (Å²) in [6, 6.07) is 6.48. The van der Waals surface area contributed by atoms with Crippen LogP contribution in [0, 0.1) is 0 Å². The maximum absolute atomic E-state index is 12.9. The lowest BCUT2D eigenvalue weighted by Crippen LogP contribution is -2.53. The predicted molar refractivity (Wildman–Crippen MR) is 49.4 cm³/mol. The van der Waals surface area contributed by atoms with E-state index in [1.807, 2.05) is 0 Å². The van der Waals surface area contributed by atoms with Gasteiger partial charge in [0, 0.05) is 7.11 Å². The Morgan fingerprint density at radius 1 is 1.12 bits per heavy atom. The van der Waals surface area contributed by atoms with Gasteiger partial charge in [0.25, 0.3) is 0 Å². The van der Waals surface area contributed by atoms with E-state index in [0.717, 1.165) is 19.2 Å². The van der Waals surface area contributed by atoms with Crippen LogP contribution in [0.15, 0.2) is 30.3 Å². The zero-order chi connectivity index (χ0) is 12.4. The van der Waals surface area contributed by atoms with Crippen molar-refractivity contribution in [3.05, 3.63) is 35.9 Å². The molecule has 0 amide bonds. The van der Waals surface area contributed by atoms with Gasteiger partial charge in [-0.2, -0.15) is 13.2 Å². The number of rotatable bonds is 3. The smallest absolute Gasteiger partial charge is 0.365 e. The van der Waals surface area contributed by atoms with Crippen LogP contribution in [0.5, 0.6) is 0 Å². The van der Waals surface area contributed by atoms with Gasteiger partial charge in [0.05, 0.1) is 0 Å². The van der Waals surface area contributed by atoms with Crippen molar-refractivity contribution in [2.45, 2.75) is 18.1 Å². The van der Waals surface area contributed by atoms with Crippen molar-refractivity contribution in [3.63, 3.8) is 0 Å². The number of benzene rings is 1. The molecule has 0 fully saturated rings. The van der Waals surface area contributed by atoms with Gasteiger partial charge in [0.1, 0.15) is 0 Å². The van der Waals surface area contributed by atoms with Gasteiger partial charge in [0.2, 0.25) is 5.60 Å². The molecule has 0 unspecified atom stereocenters. The molecule has 0 heterocycles. The Hall–Kier alpha value is -1.11. The molecule has 3 nitrogen and oxygen atoms in total. The van der Waals surface area contributed by atoms with E-state index in [-0.39, 0.29) is 5.56 Å². The Kier molecular flexibility index (Phi) is 3.57. The minimum atomic E-state index is -4.93. The number of halogens is 3. The van der Waals surface area contributed by atoms with Gasteiger partial charge in [-0.05, 0) is 5.56 Å². The highest BCUT2D eigenvalue weighted by molar-refractivity contribution is 5.25. The van der Waals surface area contributed by atoms with Crippen LogP contribution in [-0.2, 0) is 10.3 Å². The highest BCUT2D eigenvalue weighted by Crippen LogP contribution is 2.43. The Bertz CT molecular complexity index is 337. The maximum atomic E-state index is 12.9. The van der Waals surface area contributed by atoms with Crippen molar-refractivity contribution in [1.82, 2.24) is 0 Å². The monoisotopic (exact) mass is 236 g/mol. The molecule has 16 heavy (non-hydrogen) atoms. The van der Waals surface area contributed by atoms with Crippen molar-refractivity contribution >= 4 is 0 Å². The fourth-order valence-corrected chi connectivity index (χ4v) is 1.48. The Balaban J connectivity index is 3.36. The quantitative estimate of drug-likeness (QED) is 0.780. The first-order valence-electron chi connectivity index (χ1n) is 4.40. The summed E-state index contributed by atoms with van der Waals surface area (Å²) in [5.74, 6) is 0. The third kappa shape index (κ3) is 1.91. The fourth-order valence-electron chi connectivity index (χ4n) is 1.48. The van der Waals surface area contributed by atoms with E-state index >= 15 is 0 Å². The summed E-state index contributed by atoms with van der Waals surface area (Å²) in [4.78, 5) is 0. The number of aliphatic hydroxyl groups is 2. The average molecular weight is 236 g/mol. The number of aliphatic hydroxyl groups excluding tert-OH is 1. The van der Waals surface area contributed by atoms with E-state index in [2.05, 4.69) is 4.74 Å². The summed E-state index contributed by atoms with van der Waals surface area (Å²) in [7, 11) is 0.778. The molecule has 0 saturated carbocycles. The van der Waals surface area contributed by atoms with Crippen LogP contribution in [0.3, 0.4) is 0 Å². The van der Waals surface area contributed by atoms with E-state index < -0.39 is 18.1 Å². The molecule has 90 valence electrons. The van der Waals surface area contributed by atoms with E-state index in [9.17, 15) is 13.2 Å². The molecule has 1 aromatic rings. The van der Waals surface area contributed by atoms with Gasteiger partial charge < -0.3 is 14.9 Å². The van der Waals surface area contributed by atoms with Crippen molar-refractivity contribution in [1.29, 1.82) is 0 Å². The summed E-state index contributed by atoms with van der Waals surface area (Å²) >= 11 is 0. The highest BCUT2D eigenvalue weighted by atomic mass is 19.4. The van der Waals surface area contributed by atoms with Crippen LogP contribution in [0.4, 0.5) is 13.2 Å². The molecule has 1 atom stereocenters. The summed E-state index contributed by atoms with van der Waals surface area (Å²) in [5, 5.41) is 17.9. The standard InChI is InChI=1S/C10H11F3O3/c1-16-9(8(14)15,10(11,12)13)7-5-3-2-4-6-7/h2-6,8,14-15H,1H3/t9-/m0/s1. The predicted octanol–water partition coefficient (Wildman–Crippen LogP) is 1.40. The normalized spacial score (nSPS) is 16.2. The maximum Gasteiger partial charge on any atom is 0.426 e. The van der Waals surface area contributed by atoms with Crippen molar-refractivity contribution in [3.8, 4) is 0 Å². The molecule has 0 aliphatic heterocycles. The molecule has 2 N–H and O–H groups in total. The second-order valence-corrected chi connectivity index (χ2v) is 3.18. The summed E-state index contributed by atoms with van der Waals surface area (Å²) in [6.07, 6.45) is -7.63. The van der Waals surface area contributed by atoms with Crippen LogP contribution in [0.2, 0.25) is 0 Å². The number of hydrogen-bond donors (Lipinski definition) is 2. The first-order chi connectivity index (χ1) is 7.36. The average Bonchev–Trinajstić information content (AvgIpc) is 2.18. The lowest BCUT2D eigenvalue weighted by molar-refractivity contribution is -0.342. The Labute approximate surface area is 90.1 Å². The lowest BCUT2D eigenvalue weighted by Gasteiger charge is -2.35. The van der Waals surface area contributed by atoms with Gasteiger partial charge in [-0.3, -0.25) is 0 Å². The van der Waals surface area contributed by atoms with Crippen molar-refractivity contribution in [2.24, 2.45) is 0 Å². The number of alkyl halides is 3. The first-order valence-corrected chi connectivity index (χ1v) is 4.40. The van der Waals surface area contributed by atoms with Gasteiger partial charge in [-0.15, -0.1) is 0 Å². The molecule has 0 saturated heterocycles. The fraction of sp³-hybridized carbons (Fsp3) is 0.400. The molecular formula is C10H11F3O3. The minimum absolute atomic E-state index is 0.361. The van der Waals surface area contributed by atoms with Gasteiger partial charge in [-0.25, -0.2) is 0 Å². The number of ether oxygens (including phenoxy) is 1. The molecular weight excluding hydrogens is 225 g/mol. The first kappa shape index (κ1) is 13.0. The molecule has 0 bridgehead atoms. The zero-order valence-corrected chi connectivity index (χ0v) is 8.40. The van der Waals surface area contributed by atoms with Crippen LogP contribution in [0.1, 0.15) is 5.56 Å². The SMILES string of the molecule is CO[C@@](c1ccccc1)(C(O)O)C(F)(F)F. The molecule has 1 rings (SSSR count). The topological polar surface area (TPSA) is 49.7 Å². The molecule has 0 radical (unpaired) electrons. The van der Waals surface area contributed by atoms with Gasteiger partial charge in [-0.1, -0.05) is 30.3 Å². The summed E-state index contributed by atoms with van der Waals surface area (Å²) in [6.45, 7) is 0. The van der Waals surface area contributed by atoms with E-state index in [4.69, 9.17) is 10.2 Å². The number of hydrogen-bond acceptors (Lipinski definition) is 3. The zero-order valence-electron chi connectivity index (χ0n) is 8.40. The van der Waals surface area contributed by atoms with E-state index in [0.29, 0.717) is 0 Å². The molecule has 0 aliphatic rings. The number of methoxy groups -OCH3 is 1. The Morgan fingerprint density at radius 2 is 1.62 bits per heavy atom. The third-order valence-corrected chi connectivity index (χ3v) is 2.31. The van der Waals surface area contributed by atoms with Crippen LogP contribution >= 0.6 is 0 Å². The third-order valence-electron chi connectivity index (χ3n) is 2.31. The van der Waals surface area contributed by atoms with E-state index in [1.54, 1.807) is 0 Å². The second kappa shape index (κ2) is 4.40. The second-order valence-electron chi connectivity index (χ2n) is 3.18. The molecule has 1 aromatic carbocycles. The van der Waals surface area contributed by atoms with Crippen molar-refractivity contribution < 1.29 is 28.1 Å². The van der Waals surface area contributed by atoms with Gasteiger partial charge >= 0.3 is 6.18 Å². The van der Waals surface area contributed by atoms with Gasteiger partial charge in [0.15, 0.2) is 6.29 Å². The van der Waals surface area contributed by atoms with Crippen molar-refractivity contribution in [2.75, 3.05) is 7.11 Å². The molecule has 0 spiro atoms. The summed E-state index contributed by atoms with van der Waals surface area (Å²) < 4.78 is 42.9. The molecule has 6 heteroatoms. The van der Waals surface area contributed by atoms with Crippen LogP contribution in [-0.4, -0.2) is 29.8 Å². The molecule has 0 aromatic heterocycles. The van der Waals surface area contributed by atoms with Crippen LogP contribution < -0.4 is 0 Å². The minimum Gasteiger partial charge on any atom is -0.365 e. The van der Waals surface area contributed by atoms with E-state index in [1.165, 1.54) is 18.2 Å². The summed E-state index contributed by atoms with van der Waals surface area (Å²) in [5.41, 5.74) is -3.48.